The molecule has 0 amide bonds. The molecule has 0 aliphatic rings. The number of aromatic amines is 1. The van der Waals surface area contributed by atoms with Gasteiger partial charge in [0, 0.05) is 0 Å². The van der Waals surface area contributed by atoms with E-state index in [9.17, 15) is 14.4 Å². The summed E-state index contributed by atoms with van der Waals surface area (Å²) in [5.74, 6) is -1.23. The zero-order valence-electron chi connectivity index (χ0n) is 8.14. The number of aromatic nitrogens is 2. The molecule has 0 atom stereocenters. The Hall–Kier alpha value is -2.37. The average molecular weight is 220 g/mol. The number of benzene rings is 1. The smallest absolute Gasteiger partial charge is 0.329 e. The van der Waals surface area contributed by atoms with Gasteiger partial charge >= 0.3 is 11.7 Å². The molecule has 0 unspecified atom stereocenters. The Balaban J connectivity index is 2.81. The average Bonchev–Trinajstić information content (AvgIpc) is 2.24. The van der Waals surface area contributed by atoms with Gasteiger partial charge in [0.15, 0.2) is 0 Å². The number of aliphatic carboxylic acids is 1. The fraction of sp³-hybridized carbons (Fsp3) is 0.100. The lowest BCUT2D eigenvalue weighted by Gasteiger charge is -2.02. The van der Waals surface area contributed by atoms with Gasteiger partial charge in [-0.15, -0.1) is 0 Å². The maximum Gasteiger partial charge on any atom is 0.329 e. The lowest BCUT2D eigenvalue weighted by atomic mass is 10.2. The predicted molar refractivity (Wildman–Crippen MR) is 56.5 cm³/mol. The summed E-state index contributed by atoms with van der Waals surface area (Å²) in [5.41, 5.74) is -0.910. The highest BCUT2D eigenvalue weighted by molar-refractivity contribution is 5.77. The third kappa shape index (κ3) is 1.60. The van der Waals surface area contributed by atoms with Crippen molar-refractivity contribution in [1.82, 2.24) is 9.55 Å². The van der Waals surface area contributed by atoms with Gasteiger partial charge in [-0.05, 0) is 12.1 Å². The molecule has 1 aromatic carbocycles. The van der Waals surface area contributed by atoms with Gasteiger partial charge in [0.1, 0.15) is 6.54 Å². The molecular weight excluding hydrogens is 212 g/mol. The summed E-state index contributed by atoms with van der Waals surface area (Å²) in [6, 6.07) is 6.45. The van der Waals surface area contributed by atoms with E-state index >= 15 is 0 Å². The van der Waals surface area contributed by atoms with E-state index in [1.54, 1.807) is 18.2 Å². The molecule has 2 rings (SSSR count). The van der Waals surface area contributed by atoms with E-state index in [0.717, 1.165) is 0 Å². The number of hydrogen-bond acceptors (Lipinski definition) is 3. The Bertz CT molecular complexity index is 668. The molecule has 0 bridgehead atoms. The number of carbonyl (C=O) groups is 1. The van der Waals surface area contributed by atoms with Crippen LogP contribution >= 0.6 is 0 Å². The highest BCUT2D eigenvalue weighted by atomic mass is 16.4. The number of fused-ring (bicyclic) bond motifs is 1. The molecule has 16 heavy (non-hydrogen) atoms. The Morgan fingerprint density at radius 3 is 2.69 bits per heavy atom. The Kier molecular flexibility index (Phi) is 2.32. The second-order valence-electron chi connectivity index (χ2n) is 3.26. The molecular formula is C10H8N2O4. The summed E-state index contributed by atoms with van der Waals surface area (Å²) in [7, 11) is 0. The van der Waals surface area contributed by atoms with E-state index in [1.807, 2.05) is 0 Å². The minimum atomic E-state index is -1.23. The highest BCUT2D eigenvalue weighted by Gasteiger charge is 2.09. The first-order chi connectivity index (χ1) is 7.59. The SMILES string of the molecule is O=C(O)Cn1c(=O)[nH]c2ccccc2c1=O. The maximum atomic E-state index is 11.8. The van der Waals surface area contributed by atoms with Crippen molar-refractivity contribution in [1.29, 1.82) is 0 Å². The van der Waals surface area contributed by atoms with Crippen LogP contribution in [0.2, 0.25) is 0 Å². The molecule has 1 aromatic heterocycles. The Morgan fingerprint density at radius 1 is 1.31 bits per heavy atom. The molecule has 2 aromatic rings. The lowest BCUT2D eigenvalue weighted by Crippen LogP contribution is -2.37. The fourth-order valence-corrected chi connectivity index (χ4v) is 1.48. The summed E-state index contributed by atoms with van der Waals surface area (Å²) >= 11 is 0. The summed E-state index contributed by atoms with van der Waals surface area (Å²) < 4.78 is 0.657. The van der Waals surface area contributed by atoms with Crippen LogP contribution in [0.25, 0.3) is 10.9 Å². The van der Waals surface area contributed by atoms with Gasteiger partial charge in [0.05, 0.1) is 10.9 Å². The van der Waals surface area contributed by atoms with Crippen LogP contribution in [0, 0.1) is 0 Å². The first-order valence-corrected chi connectivity index (χ1v) is 4.53. The second-order valence-corrected chi connectivity index (χ2v) is 3.26. The molecule has 0 aliphatic carbocycles. The zero-order valence-corrected chi connectivity index (χ0v) is 8.14. The Labute approximate surface area is 88.8 Å². The highest BCUT2D eigenvalue weighted by Crippen LogP contribution is 2.02. The maximum absolute atomic E-state index is 11.8. The molecule has 0 radical (unpaired) electrons. The quantitative estimate of drug-likeness (QED) is 0.731. The van der Waals surface area contributed by atoms with Gasteiger partial charge < -0.3 is 10.1 Å². The van der Waals surface area contributed by atoms with Crippen LogP contribution in [-0.4, -0.2) is 20.6 Å². The van der Waals surface area contributed by atoms with Gasteiger partial charge in [-0.1, -0.05) is 12.1 Å². The van der Waals surface area contributed by atoms with Crippen molar-refractivity contribution in [2.75, 3.05) is 0 Å². The first-order valence-electron chi connectivity index (χ1n) is 4.53. The topological polar surface area (TPSA) is 92.2 Å². The first kappa shape index (κ1) is 10.2. The molecule has 0 saturated carbocycles. The molecule has 6 nitrogen and oxygen atoms in total. The van der Waals surface area contributed by atoms with E-state index in [1.165, 1.54) is 6.07 Å². The summed E-state index contributed by atoms with van der Waals surface area (Å²) in [6.45, 7) is -0.640. The van der Waals surface area contributed by atoms with E-state index in [4.69, 9.17) is 5.11 Å². The van der Waals surface area contributed by atoms with Crippen molar-refractivity contribution in [3.8, 4) is 0 Å². The lowest BCUT2D eigenvalue weighted by molar-refractivity contribution is -0.137. The third-order valence-electron chi connectivity index (χ3n) is 2.18. The van der Waals surface area contributed by atoms with Crippen molar-refractivity contribution in [3.05, 3.63) is 45.1 Å². The number of nitrogens with zero attached hydrogens (tertiary/aromatic N) is 1. The van der Waals surface area contributed by atoms with Crippen molar-refractivity contribution < 1.29 is 9.90 Å². The van der Waals surface area contributed by atoms with Crippen LogP contribution in [0.15, 0.2) is 33.9 Å². The van der Waals surface area contributed by atoms with Crippen molar-refractivity contribution >= 4 is 16.9 Å². The minimum Gasteiger partial charge on any atom is -0.480 e. The van der Waals surface area contributed by atoms with Crippen LogP contribution in [0.1, 0.15) is 0 Å². The van der Waals surface area contributed by atoms with Crippen LogP contribution in [0.3, 0.4) is 0 Å². The molecule has 0 saturated heterocycles. The number of para-hydroxylation sites is 1. The third-order valence-corrected chi connectivity index (χ3v) is 2.18. The number of rotatable bonds is 2. The summed E-state index contributed by atoms with van der Waals surface area (Å²) in [4.78, 5) is 36.1. The van der Waals surface area contributed by atoms with Crippen molar-refractivity contribution in [2.24, 2.45) is 0 Å². The van der Waals surface area contributed by atoms with Crippen LogP contribution < -0.4 is 11.2 Å². The molecule has 0 aliphatic heterocycles. The van der Waals surface area contributed by atoms with Gasteiger partial charge in [-0.2, -0.15) is 0 Å². The minimum absolute atomic E-state index is 0.295. The van der Waals surface area contributed by atoms with Crippen molar-refractivity contribution in [3.63, 3.8) is 0 Å². The number of H-pyrrole nitrogens is 1. The van der Waals surface area contributed by atoms with E-state index in [0.29, 0.717) is 15.5 Å². The van der Waals surface area contributed by atoms with E-state index < -0.39 is 23.8 Å². The van der Waals surface area contributed by atoms with Crippen LogP contribution in [0.5, 0.6) is 0 Å². The van der Waals surface area contributed by atoms with Crippen molar-refractivity contribution in [2.45, 2.75) is 6.54 Å². The zero-order chi connectivity index (χ0) is 11.7. The normalized spacial score (nSPS) is 10.5. The predicted octanol–water partition coefficient (Wildman–Crippen LogP) is -0.226. The van der Waals surface area contributed by atoms with Crippen LogP contribution in [0.4, 0.5) is 0 Å². The summed E-state index contributed by atoms with van der Waals surface area (Å²) in [5, 5.41) is 8.87. The number of carboxylic acids is 1. The molecule has 0 fully saturated rings. The standard InChI is InChI=1S/C10H8N2O4/c13-8(14)5-12-9(15)6-3-1-2-4-7(6)11-10(12)16/h1-4H,5H2,(H,11,16)(H,13,14). The fourth-order valence-electron chi connectivity index (χ4n) is 1.48. The van der Waals surface area contributed by atoms with Gasteiger partial charge in [-0.3, -0.25) is 9.59 Å². The molecule has 2 N–H and O–H groups in total. The molecule has 1 heterocycles. The van der Waals surface area contributed by atoms with Gasteiger partial charge in [-0.25, -0.2) is 9.36 Å². The molecule has 82 valence electrons. The van der Waals surface area contributed by atoms with E-state index in [2.05, 4.69) is 4.98 Å². The van der Waals surface area contributed by atoms with Gasteiger partial charge in [0.25, 0.3) is 5.56 Å². The largest absolute Gasteiger partial charge is 0.480 e. The summed E-state index contributed by atoms with van der Waals surface area (Å²) in [6.07, 6.45) is 0. The second kappa shape index (κ2) is 3.65. The van der Waals surface area contributed by atoms with Gasteiger partial charge in [0.2, 0.25) is 0 Å². The number of hydrogen-bond donors (Lipinski definition) is 2. The Morgan fingerprint density at radius 2 is 2.00 bits per heavy atom. The number of carboxylic acid groups (broad SMARTS) is 1. The monoisotopic (exact) mass is 220 g/mol. The van der Waals surface area contributed by atoms with E-state index in [-0.39, 0.29) is 0 Å². The number of nitrogens with one attached hydrogen (secondary N) is 1. The molecule has 6 heteroatoms. The molecule has 0 spiro atoms. The van der Waals surface area contributed by atoms with Crippen LogP contribution in [-0.2, 0) is 11.3 Å².